The molecule has 7 heteroatoms. The summed E-state index contributed by atoms with van der Waals surface area (Å²) in [4.78, 5) is 2.88. The maximum atomic E-state index is 11.6. The van der Waals surface area contributed by atoms with E-state index in [1.165, 1.54) is 0 Å². The first kappa shape index (κ1) is 16.0. The Hall–Kier alpha value is -1.89. The van der Waals surface area contributed by atoms with Crippen LogP contribution in [-0.2, 0) is 9.84 Å². The van der Waals surface area contributed by atoms with E-state index in [4.69, 9.17) is 0 Å². The number of aromatic amines is 1. The van der Waals surface area contributed by atoms with E-state index in [1.54, 1.807) is 6.92 Å². The molecule has 0 radical (unpaired) electrons. The summed E-state index contributed by atoms with van der Waals surface area (Å²) >= 11 is 0. The summed E-state index contributed by atoms with van der Waals surface area (Å²) in [5, 5.41) is 19.3. The first-order valence-corrected chi connectivity index (χ1v) is 9.49. The van der Waals surface area contributed by atoms with Crippen molar-refractivity contribution in [2.75, 3.05) is 11.5 Å². The molecule has 0 aliphatic carbocycles. The Bertz CT molecular complexity index is 883. The van der Waals surface area contributed by atoms with Crippen molar-refractivity contribution in [3.63, 3.8) is 0 Å². The number of nitrogens with zero attached hydrogens (tertiary/aromatic N) is 2. The van der Waals surface area contributed by atoms with Gasteiger partial charge in [0.15, 0.2) is 15.5 Å². The van der Waals surface area contributed by atoms with Crippen LogP contribution in [0.4, 0.5) is 5.69 Å². The van der Waals surface area contributed by atoms with E-state index in [2.05, 4.69) is 29.1 Å². The molecule has 0 bridgehead atoms. The molecular formula is C16H21N3O3S. The molecule has 0 spiro atoms. The molecule has 2 N–H and O–H groups in total. The van der Waals surface area contributed by atoms with Gasteiger partial charge in [0.2, 0.25) is 5.88 Å². The predicted octanol–water partition coefficient (Wildman–Crippen LogP) is 3.66. The summed E-state index contributed by atoms with van der Waals surface area (Å²) in [5.74, 6) is 0.455. The molecule has 1 saturated heterocycles. The number of aromatic nitrogens is 1. The molecule has 124 valence electrons. The monoisotopic (exact) mass is 335 g/mol. The molecule has 23 heavy (non-hydrogen) atoms. The van der Waals surface area contributed by atoms with Crippen LogP contribution < -0.4 is 0 Å². The summed E-state index contributed by atoms with van der Waals surface area (Å²) in [6.07, 6.45) is 0.458. The maximum absolute atomic E-state index is 11.6. The Morgan fingerprint density at radius 2 is 2.09 bits per heavy atom. The number of rotatable bonds is 3. The molecule has 3 rings (SSSR count). The number of aromatic hydroxyl groups is 1. The molecular weight excluding hydrogens is 314 g/mol. The van der Waals surface area contributed by atoms with Crippen molar-refractivity contribution < 1.29 is 13.5 Å². The van der Waals surface area contributed by atoms with E-state index in [1.807, 2.05) is 18.2 Å². The van der Waals surface area contributed by atoms with Gasteiger partial charge in [0, 0.05) is 5.39 Å². The van der Waals surface area contributed by atoms with Crippen LogP contribution in [-0.4, -0.2) is 35.6 Å². The van der Waals surface area contributed by atoms with Gasteiger partial charge < -0.3 is 10.1 Å². The third-order valence-corrected chi connectivity index (χ3v) is 6.20. The van der Waals surface area contributed by atoms with Crippen LogP contribution in [0.15, 0.2) is 28.4 Å². The lowest BCUT2D eigenvalue weighted by Crippen LogP contribution is -2.22. The number of nitrogens with one attached hydrogen (secondary N) is 1. The first-order chi connectivity index (χ1) is 10.7. The third-order valence-electron chi connectivity index (χ3n) is 4.32. The Balaban J connectivity index is 2.01. The number of sulfone groups is 1. The van der Waals surface area contributed by atoms with Gasteiger partial charge in [-0.25, -0.2) is 8.42 Å². The maximum Gasteiger partial charge on any atom is 0.218 e. The van der Waals surface area contributed by atoms with Gasteiger partial charge in [-0.3, -0.25) is 0 Å². The second kappa shape index (κ2) is 5.33. The molecule has 2 heterocycles. The lowest BCUT2D eigenvalue weighted by atomic mass is 10.0. The Morgan fingerprint density at radius 3 is 2.70 bits per heavy atom. The van der Waals surface area contributed by atoms with Gasteiger partial charge in [-0.15, -0.1) is 5.11 Å². The highest BCUT2D eigenvalue weighted by Gasteiger charge is 2.38. The lowest BCUT2D eigenvalue weighted by molar-refractivity contribution is 0.457. The van der Waals surface area contributed by atoms with Crippen molar-refractivity contribution in [3.05, 3.63) is 23.8 Å². The van der Waals surface area contributed by atoms with Gasteiger partial charge in [0.1, 0.15) is 0 Å². The standard InChI is InChI=1S/C16H21N3O3S/c1-10(2)11-4-5-13-12(8-11)14(15(20)17-13)18-19-16(3)6-7-23(21,22)9-16/h4-5,8,10,17,20H,6-7,9H2,1-3H3/t16-/m1/s1. The van der Waals surface area contributed by atoms with E-state index in [-0.39, 0.29) is 17.4 Å². The van der Waals surface area contributed by atoms with Gasteiger partial charge in [-0.2, -0.15) is 5.11 Å². The Morgan fingerprint density at radius 1 is 1.35 bits per heavy atom. The Labute approximate surface area is 135 Å². The van der Waals surface area contributed by atoms with Crippen LogP contribution in [0.3, 0.4) is 0 Å². The third kappa shape index (κ3) is 3.10. The number of azo groups is 1. The molecule has 1 aromatic carbocycles. The summed E-state index contributed by atoms with van der Waals surface area (Å²) in [6, 6.07) is 5.90. The number of H-pyrrole nitrogens is 1. The van der Waals surface area contributed by atoms with E-state index < -0.39 is 15.4 Å². The molecule has 1 fully saturated rings. The van der Waals surface area contributed by atoms with Crippen LogP contribution in [0, 0.1) is 0 Å². The molecule has 6 nitrogen and oxygen atoms in total. The highest BCUT2D eigenvalue weighted by molar-refractivity contribution is 7.91. The number of fused-ring (bicyclic) bond motifs is 1. The molecule has 1 aliphatic rings. The largest absolute Gasteiger partial charge is 0.493 e. The fraction of sp³-hybridized carbons (Fsp3) is 0.500. The fourth-order valence-electron chi connectivity index (χ4n) is 2.88. The normalized spacial score (nSPS) is 24.2. The van der Waals surface area contributed by atoms with Gasteiger partial charge in [0.25, 0.3) is 0 Å². The minimum atomic E-state index is -3.04. The molecule has 1 atom stereocenters. The Kier molecular flexibility index (Phi) is 3.71. The summed E-state index contributed by atoms with van der Waals surface area (Å²) in [7, 11) is -3.04. The smallest absolute Gasteiger partial charge is 0.218 e. The van der Waals surface area contributed by atoms with Crippen LogP contribution in [0.1, 0.15) is 38.7 Å². The van der Waals surface area contributed by atoms with Crippen molar-refractivity contribution in [2.24, 2.45) is 10.2 Å². The van der Waals surface area contributed by atoms with E-state index in [0.29, 0.717) is 18.0 Å². The SMILES string of the molecule is CC(C)c1ccc2[nH]c(O)c(N=N[C@]3(C)CCS(=O)(=O)C3)c2c1. The summed E-state index contributed by atoms with van der Waals surface area (Å²) in [6.45, 7) is 5.98. The van der Waals surface area contributed by atoms with Crippen molar-refractivity contribution in [1.29, 1.82) is 0 Å². The summed E-state index contributed by atoms with van der Waals surface area (Å²) < 4.78 is 23.3. The lowest BCUT2D eigenvalue weighted by Gasteiger charge is -2.13. The van der Waals surface area contributed by atoms with E-state index in [0.717, 1.165) is 16.5 Å². The molecule has 0 saturated carbocycles. The average Bonchev–Trinajstić information content (AvgIpc) is 2.92. The molecule has 0 unspecified atom stereocenters. The van der Waals surface area contributed by atoms with Gasteiger partial charge in [-0.1, -0.05) is 19.9 Å². The van der Waals surface area contributed by atoms with E-state index in [9.17, 15) is 13.5 Å². The number of hydrogen-bond donors (Lipinski definition) is 2. The summed E-state index contributed by atoms with van der Waals surface area (Å²) in [5.41, 5.74) is 1.57. The van der Waals surface area contributed by atoms with Crippen molar-refractivity contribution in [2.45, 2.75) is 38.6 Å². The van der Waals surface area contributed by atoms with E-state index >= 15 is 0 Å². The van der Waals surface area contributed by atoms with Crippen molar-refractivity contribution >= 4 is 26.4 Å². The predicted molar refractivity (Wildman–Crippen MR) is 90.2 cm³/mol. The fourth-order valence-corrected chi connectivity index (χ4v) is 4.93. The van der Waals surface area contributed by atoms with Crippen LogP contribution >= 0.6 is 0 Å². The minimum absolute atomic E-state index is 0.00383. The van der Waals surface area contributed by atoms with Crippen molar-refractivity contribution in [3.8, 4) is 5.88 Å². The molecule has 0 amide bonds. The van der Waals surface area contributed by atoms with Gasteiger partial charge >= 0.3 is 0 Å². The second-order valence-corrected chi connectivity index (χ2v) is 9.00. The van der Waals surface area contributed by atoms with Crippen LogP contribution in [0.25, 0.3) is 10.9 Å². The molecule has 1 aromatic heterocycles. The average molecular weight is 335 g/mol. The van der Waals surface area contributed by atoms with Crippen molar-refractivity contribution in [1.82, 2.24) is 4.98 Å². The molecule has 2 aromatic rings. The zero-order valence-electron chi connectivity index (χ0n) is 13.5. The quantitative estimate of drug-likeness (QED) is 0.838. The van der Waals surface area contributed by atoms with Crippen LogP contribution in [0.2, 0.25) is 0 Å². The number of benzene rings is 1. The minimum Gasteiger partial charge on any atom is -0.493 e. The number of hydrogen-bond acceptors (Lipinski definition) is 5. The van der Waals surface area contributed by atoms with Gasteiger partial charge in [-0.05, 0) is 37.0 Å². The highest BCUT2D eigenvalue weighted by atomic mass is 32.2. The highest BCUT2D eigenvalue weighted by Crippen LogP contribution is 2.38. The van der Waals surface area contributed by atoms with Crippen LogP contribution in [0.5, 0.6) is 5.88 Å². The van der Waals surface area contributed by atoms with Gasteiger partial charge in [0.05, 0.1) is 22.6 Å². The zero-order chi connectivity index (χ0) is 16.8. The second-order valence-electron chi connectivity index (χ2n) is 6.82. The molecule has 1 aliphatic heterocycles. The first-order valence-electron chi connectivity index (χ1n) is 7.67. The topological polar surface area (TPSA) is 94.9 Å². The zero-order valence-corrected chi connectivity index (χ0v) is 14.3.